The highest BCUT2D eigenvalue weighted by atomic mass is 19.1. The van der Waals surface area contributed by atoms with Crippen molar-refractivity contribution in [2.24, 2.45) is 0 Å². The molecule has 0 atom stereocenters. The molecule has 21 heavy (non-hydrogen) atoms. The summed E-state index contributed by atoms with van der Waals surface area (Å²) in [7, 11) is 0. The van der Waals surface area contributed by atoms with Crippen molar-refractivity contribution in [3.05, 3.63) is 60.3 Å². The van der Waals surface area contributed by atoms with Gasteiger partial charge in [-0.3, -0.25) is 0 Å². The Morgan fingerprint density at radius 2 is 1.86 bits per heavy atom. The van der Waals surface area contributed by atoms with E-state index >= 15 is 0 Å². The summed E-state index contributed by atoms with van der Waals surface area (Å²) < 4.78 is 30.2. The van der Waals surface area contributed by atoms with Crippen LogP contribution < -0.4 is 4.57 Å². The van der Waals surface area contributed by atoms with Crippen LogP contribution in [0.4, 0.5) is 8.78 Å². The average molecular weight is 286 g/mol. The van der Waals surface area contributed by atoms with Crippen LogP contribution in [0.25, 0.3) is 17.0 Å². The lowest BCUT2D eigenvalue weighted by atomic mass is 9.69. The Kier molecular flexibility index (Phi) is 3.16. The molecule has 1 aliphatic rings. The first kappa shape index (κ1) is 13.9. The lowest BCUT2D eigenvalue weighted by molar-refractivity contribution is -0.577. The third-order valence-corrected chi connectivity index (χ3v) is 4.74. The summed E-state index contributed by atoms with van der Waals surface area (Å²) in [6, 6.07) is 8.03. The number of rotatable bonds is 2. The Morgan fingerprint density at radius 3 is 2.52 bits per heavy atom. The molecule has 0 spiro atoms. The molecule has 0 radical (unpaired) electrons. The van der Waals surface area contributed by atoms with Gasteiger partial charge in [0.15, 0.2) is 11.9 Å². The SMILES string of the molecule is C=C1[n+]2ccccc2-c2c(F)cc(F)cc2C1(CC)CC. The van der Waals surface area contributed by atoms with Crippen LogP contribution in [0.5, 0.6) is 0 Å². The van der Waals surface area contributed by atoms with E-state index in [1.807, 2.05) is 42.8 Å². The molecule has 1 nitrogen and oxygen atoms in total. The highest BCUT2D eigenvalue weighted by molar-refractivity contribution is 5.73. The van der Waals surface area contributed by atoms with E-state index in [1.54, 1.807) is 0 Å². The topological polar surface area (TPSA) is 3.88 Å². The van der Waals surface area contributed by atoms with Crippen LogP contribution in [-0.2, 0) is 5.41 Å². The molecule has 0 fully saturated rings. The fourth-order valence-corrected chi connectivity index (χ4v) is 3.52. The van der Waals surface area contributed by atoms with Gasteiger partial charge in [-0.15, -0.1) is 0 Å². The van der Waals surface area contributed by atoms with Crippen molar-refractivity contribution < 1.29 is 13.3 Å². The van der Waals surface area contributed by atoms with E-state index in [1.165, 1.54) is 6.07 Å². The Bertz CT molecular complexity index is 730. The molecular weight excluding hydrogens is 268 g/mol. The molecule has 1 aliphatic heterocycles. The fraction of sp³-hybridized carbons (Fsp3) is 0.278. The smallest absolute Gasteiger partial charge is 0.207 e. The van der Waals surface area contributed by atoms with E-state index in [2.05, 4.69) is 6.58 Å². The molecule has 2 heterocycles. The predicted octanol–water partition coefficient (Wildman–Crippen LogP) is 4.46. The van der Waals surface area contributed by atoms with Crippen LogP contribution >= 0.6 is 0 Å². The van der Waals surface area contributed by atoms with E-state index in [0.29, 0.717) is 11.1 Å². The number of hydrogen-bond acceptors (Lipinski definition) is 0. The second-order valence-corrected chi connectivity index (χ2v) is 5.50. The summed E-state index contributed by atoms with van der Waals surface area (Å²) in [6.45, 7) is 8.30. The van der Waals surface area contributed by atoms with Crippen molar-refractivity contribution >= 4 is 5.70 Å². The van der Waals surface area contributed by atoms with E-state index in [0.717, 1.165) is 30.3 Å². The van der Waals surface area contributed by atoms with Gasteiger partial charge in [0.1, 0.15) is 11.6 Å². The van der Waals surface area contributed by atoms with Crippen LogP contribution in [0.2, 0.25) is 0 Å². The predicted molar refractivity (Wildman–Crippen MR) is 79.6 cm³/mol. The summed E-state index contributed by atoms with van der Waals surface area (Å²) in [5.41, 5.74) is 2.37. The van der Waals surface area contributed by atoms with Crippen molar-refractivity contribution in [3.8, 4) is 11.3 Å². The van der Waals surface area contributed by atoms with Gasteiger partial charge < -0.3 is 0 Å². The van der Waals surface area contributed by atoms with E-state index in [-0.39, 0.29) is 0 Å². The Morgan fingerprint density at radius 1 is 1.14 bits per heavy atom. The largest absolute Gasteiger partial charge is 0.221 e. The first-order chi connectivity index (χ1) is 10.0. The van der Waals surface area contributed by atoms with Gasteiger partial charge in [0.05, 0.1) is 11.0 Å². The quantitative estimate of drug-likeness (QED) is 0.718. The lowest BCUT2D eigenvalue weighted by Gasteiger charge is -2.35. The van der Waals surface area contributed by atoms with Gasteiger partial charge in [-0.25, -0.2) is 8.78 Å². The van der Waals surface area contributed by atoms with Gasteiger partial charge in [-0.2, -0.15) is 4.57 Å². The third kappa shape index (κ3) is 1.76. The summed E-state index contributed by atoms with van der Waals surface area (Å²) in [5, 5.41) is 0. The van der Waals surface area contributed by atoms with Crippen LogP contribution in [0.3, 0.4) is 0 Å². The van der Waals surface area contributed by atoms with Gasteiger partial charge in [0.2, 0.25) is 5.69 Å². The number of aromatic nitrogens is 1. The van der Waals surface area contributed by atoms with E-state index < -0.39 is 17.0 Å². The molecule has 0 bridgehead atoms. The summed E-state index contributed by atoms with van der Waals surface area (Å²) in [4.78, 5) is 0. The zero-order chi connectivity index (χ0) is 15.2. The highest BCUT2D eigenvalue weighted by Crippen LogP contribution is 2.47. The van der Waals surface area contributed by atoms with Crippen molar-refractivity contribution in [1.82, 2.24) is 0 Å². The zero-order valence-corrected chi connectivity index (χ0v) is 12.3. The maximum atomic E-state index is 14.5. The first-order valence-corrected chi connectivity index (χ1v) is 7.25. The van der Waals surface area contributed by atoms with Gasteiger partial charge in [0.25, 0.3) is 0 Å². The molecule has 1 aromatic heterocycles. The van der Waals surface area contributed by atoms with Gasteiger partial charge in [-0.1, -0.05) is 13.8 Å². The number of pyridine rings is 1. The van der Waals surface area contributed by atoms with Crippen molar-refractivity contribution in [2.45, 2.75) is 32.1 Å². The third-order valence-electron chi connectivity index (χ3n) is 4.74. The number of hydrogen-bond donors (Lipinski definition) is 0. The normalized spacial score (nSPS) is 15.5. The monoisotopic (exact) mass is 286 g/mol. The zero-order valence-electron chi connectivity index (χ0n) is 12.3. The van der Waals surface area contributed by atoms with E-state index in [9.17, 15) is 8.78 Å². The molecule has 0 saturated carbocycles. The van der Waals surface area contributed by atoms with Gasteiger partial charge >= 0.3 is 0 Å². The minimum absolute atomic E-state index is 0.433. The van der Waals surface area contributed by atoms with Gasteiger partial charge in [0, 0.05) is 18.2 Å². The summed E-state index contributed by atoms with van der Waals surface area (Å²) in [5.74, 6) is -1.04. The maximum Gasteiger partial charge on any atom is 0.221 e. The molecule has 0 aliphatic carbocycles. The Hall–Kier alpha value is -2.03. The second-order valence-electron chi connectivity index (χ2n) is 5.50. The average Bonchev–Trinajstić information content (AvgIpc) is 2.48. The summed E-state index contributed by atoms with van der Waals surface area (Å²) in [6.07, 6.45) is 3.39. The van der Waals surface area contributed by atoms with Crippen molar-refractivity contribution in [2.75, 3.05) is 0 Å². The number of allylic oxidation sites excluding steroid dienone is 1. The van der Waals surface area contributed by atoms with Crippen molar-refractivity contribution in [1.29, 1.82) is 0 Å². The number of fused-ring (bicyclic) bond motifs is 3. The maximum absolute atomic E-state index is 14.5. The molecule has 0 N–H and O–H groups in total. The minimum Gasteiger partial charge on any atom is -0.207 e. The molecule has 3 heteroatoms. The number of halogens is 2. The standard InChI is InChI=1S/C18H18F2N/c1-4-18(5-2)12(3)21-9-7-6-8-16(21)17-14(18)10-13(19)11-15(17)20/h6-11H,3-5H2,1-2H3/q+1. The number of benzene rings is 1. The molecule has 2 aromatic rings. The molecule has 0 saturated heterocycles. The van der Waals surface area contributed by atoms with Crippen LogP contribution in [-0.4, -0.2) is 0 Å². The van der Waals surface area contributed by atoms with Crippen molar-refractivity contribution in [3.63, 3.8) is 0 Å². The number of nitrogens with zero attached hydrogens (tertiary/aromatic N) is 1. The summed E-state index contributed by atoms with van der Waals surface area (Å²) >= 11 is 0. The Labute approximate surface area is 123 Å². The molecule has 1 aromatic carbocycles. The molecule has 0 amide bonds. The molecule has 108 valence electrons. The Balaban J connectivity index is 2.46. The molecule has 3 rings (SSSR count). The first-order valence-electron chi connectivity index (χ1n) is 7.25. The van der Waals surface area contributed by atoms with Crippen LogP contribution in [0.1, 0.15) is 32.3 Å². The highest BCUT2D eigenvalue weighted by Gasteiger charge is 2.46. The van der Waals surface area contributed by atoms with Crippen LogP contribution in [0, 0.1) is 11.6 Å². The molecular formula is C18H18F2N+. The minimum atomic E-state index is -0.533. The fourth-order valence-electron chi connectivity index (χ4n) is 3.52. The lowest BCUT2D eigenvalue weighted by Crippen LogP contribution is -2.48. The molecule has 0 unspecified atom stereocenters. The van der Waals surface area contributed by atoms with E-state index in [4.69, 9.17) is 0 Å². The van der Waals surface area contributed by atoms with Crippen LogP contribution in [0.15, 0.2) is 43.1 Å². The second kappa shape index (κ2) is 4.76. The van der Waals surface area contributed by atoms with Gasteiger partial charge in [-0.05, 0) is 37.1 Å².